The molecule has 5 nitrogen and oxygen atoms in total. The van der Waals surface area contributed by atoms with Gasteiger partial charge >= 0.3 is 0 Å². The van der Waals surface area contributed by atoms with Gasteiger partial charge in [0, 0.05) is 24.7 Å². The highest BCUT2D eigenvalue weighted by Gasteiger charge is 2.17. The number of para-hydroxylation sites is 2. The number of hydrogen-bond donors (Lipinski definition) is 1. The first-order valence-electron chi connectivity index (χ1n) is 8.40. The fourth-order valence-corrected chi connectivity index (χ4v) is 3.14. The van der Waals surface area contributed by atoms with E-state index in [-0.39, 0.29) is 5.91 Å². The molecule has 0 atom stereocenters. The minimum atomic E-state index is -0.197. The fraction of sp³-hybridized carbons (Fsp3) is 0.200. The van der Waals surface area contributed by atoms with Crippen molar-refractivity contribution in [2.24, 2.45) is 0 Å². The second kappa shape index (κ2) is 6.91. The van der Waals surface area contributed by atoms with Crippen LogP contribution in [0.2, 0.25) is 0 Å². The number of aromatic nitrogens is 1. The molecule has 1 saturated heterocycles. The van der Waals surface area contributed by atoms with E-state index in [0.717, 1.165) is 35.2 Å². The summed E-state index contributed by atoms with van der Waals surface area (Å²) in [4.78, 5) is 19.4. The van der Waals surface area contributed by atoms with Gasteiger partial charge in [-0.05, 0) is 23.6 Å². The standard InChI is InChI=1S/C20H19N3O2/c24-20(19-16-6-2-1-5-15(16)9-10-21-19)22-17-7-3-4-8-18(17)23-11-13-25-14-12-23/h1-10H,11-14H2,(H,22,24). The lowest BCUT2D eigenvalue weighted by Crippen LogP contribution is -2.36. The molecule has 5 heteroatoms. The molecular weight excluding hydrogens is 314 g/mol. The van der Waals surface area contributed by atoms with Gasteiger partial charge in [0.05, 0.1) is 24.6 Å². The monoisotopic (exact) mass is 333 g/mol. The number of nitrogens with zero attached hydrogens (tertiary/aromatic N) is 2. The molecule has 0 aliphatic carbocycles. The number of hydrogen-bond acceptors (Lipinski definition) is 4. The van der Waals surface area contributed by atoms with Gasteiger partial charge in [-0.15, -0.1) is 0 Å². The average Bonchev–Trinajstić information content (AvgIpc) is 2.68. The number of fused-ring (bicyclic) bond motifs is 1. The van der Waals surface area contributed by atoms with Crippen LogP contribution in [0.4, 0.5) is 11.4 Å². The summed E-state index contributed by atoms with van der Waals surface area (Å²) in [5.41, 5.74) is 2.25. The lowest BCUT2D eigenvalue weighted by molar-refractivity contribution is 0.102. The smallest absolute Gasteiger partial charge is 0.274 e. The first-order valence-corrected chi connectivity index (χ1v) is 8.40. The number of rotatable bonds is 3. The minimum Gasteiger partial charge on any atom is -0.378 e. The van der Waals surface area contributed by atoms with Crippen molar-refractivity contribution < 1.29 is 9.53 Å². The van der Waals surface area contributed by atoms with Gasteiger partial charge in [-0.2, -0.15) is 0 Å². The Balaban J connectivity index is 1.65. The molecular formula is C20H19N3O2. The number of carbonyl (C=O) groups is 1. The summed E-state index contributed by atoms with van der Waals surface area (Å²) in [6.45, 7) is 3.04. The molecule has 0 spiro atoms. The molecule has 2 heterocycles. The molecule has 0 unspecified atom stereocenters. The van der Waals surface area contributed by atoms with Gasteiger partial charge in [0.25, 0.3) is 5.91 Å². The topological polar surface area (TPSA) is 54.5 Å². The lowest BCUT2D eigenvalue weighted by Gasteiger charge is -2.30. The Bertz CT molecular complexity index is 899. The van der Waals surface area contributed by atoms with Crippen molar-refractivity contribution in [1.82, 2.24) is 4.98 Å². The maximum absolute atomic E-state index is 12.8. The maximum atomic E-state index is 12.8. The summed E-state index contributed by atoms with van der Waals surface area (Å²) in [6.07, 6.45) is 1.67. The Kier molecular flexibility index (Phi) is 4.31. The van der Waals surface area contributed by atoms with Crippen molar-refractivity contribution in [3.63, 3.8) is 0 Å². The van der Waals surface area contributed by atoms with E-state index in [4.69, 9.17) is 4.74 Å². The van der Waals surface area contributed by atoms with Crippen LogP contribution in [-0.2, 0) is 4.74 Å². The molecule has 126 valence electrons. The Morgan fingerprint density at radius 1 is 1.00 bits per heavy atom. The van der Waals surface area contributed by atoms with Crippen molar-refractivity contribution in [3.8, 4) is 0 Å². The van der Waals surface area contributed by atoms with E-state index >= 15 is 0 Å². The second-order valence-corrected chi connectivity index (χ2v) is 5.95. The third-order valence-corrected chi connectivity index (χ3v) is 4.39. The minimum absolute atomic E-state index is 0.197. The zero-order chi connectivity index (χ0) is 17.1. The summed E-state index contributed by atoms with van der Waals surface area (Å²) < 4.78 is 5.42. The van der Waals surface area contributed by atoms with Crippen LogP contribution in [0.3, 0.4) is 0 Å². The molecule has 0 saturated carbocycles. The van der Waals surface area contributed by atoms with Gasteiger partial charge in [-0.25, -0.2) is 0 Å². The van der Waals surface area contributed by atoms with E-state index in [1.807, 2.05) is 54.6 Å². The van der Waals surface area contributed by atoms with Gasteiger partial charge in [0.15, 0.2) is 0 Å². The van der Waals surface area contributed by atoms with Gasteiger partial charge in [-0.1, -0.05) is 36.4 Å². The van der Waals surface area contributed by atoms with Gasteiger partial charge in [0.2, 0.25) is 0 Å². The molecule has 1 aliphatic rings. The predicted octanol–water partition coefficient (Wildman–Crippen LogP) is 3.32. The molecule has 1 fully saturated rings. The van der Waals surface area contributed by atoms with Gasteiger partial charge < -0.3 is 15.0 Å². The SMILES string of the molecule is O=C(Nc1ccccc1N1CCOCC1)c1nccc2ccccc12. The Morgan fingerprint density at radius 2 is 1.76 bits per heavy atom. The van der Waals surface area contributed by atoms with E-state index in [9.17, 15) is 4.79 Å². The fourth-order valence-electron chi connectivity index (χ4n) is 3.14. The highest BCUT2D eigenvalue weighted by Crippen LogP contribution is 2.27. The molecule has 2 aromatic carbocycles. The normalized spacial score (nSPS) is 14.5. The van der Waals surface area contributed by atoms with Crippen molar-refractivity contribution >= 4 is 28.1 Å². The van der Waals surface area contributed by atoms with Gasteiger partial charge in [0.1, 0.15) is 5.69 Å². The molecule has 0 radical (unpaired) electrons. The van der Waals surface area contributed by atoms with Crippen LogP contribution in [0, 0.1) is 0 Å². The molecule has 1 aliphatic heterocycles. The van der Waals surface area contributed by atoms with Crippen LogP contribution < -0.4 is 10.2 Å². The number of pyridine rings is 1. The van der Waals surface area contributed by atoms with E-state index in [1.165, 1.54) is 0 Å². The first kappa shape index (κ1) is 15.6. The molecule has 4 rings (SSSR count). The third-order valence-electron chi connectivity index (χ3n) is 4.39. The Hall–Kier alpha value is -2.92. The summed E-state index contributed by atoms with van der Waals surface area (Å²) in [5.74, 6) is -0.197. The second-order valence-electron chi connectivity index (χ2n) is 5.95. The van der Waals surface area contributed by atoms with Crippen molar-refractivity contribution in [3.05, 3.63) is 66.5 Å². The largest absolute Gasteiger partial charge is 0.378 e. The number of amides is 1. The maximum Gasteiger partial charge on any atom is 0.274 e. The zero-order valence-corrected chi connectivity index (χ0v) is 13.8. The van der Waals surface area contributed by atoms with Crippen LogP contribution in [0.5, 0.6) is 0 Å². The summed E-state index contributed by atoms with van der Waals surface area (Å²) >= 11 is 0. The van der Waals surface area contributed by atoms with Crippen molar-refractivity contribution in [1.29, 1.82) is 0 Å². The van der Waals surface area contributed by atoms with Crippen LogP contribution in [0.15, 0.2) is 60.8 Å². The van der Waals surface area contributed by atoms with E-state index < -0.39 is 0 Å². The van der Waals surface area contributed by atoms with Crippen molar-refractivity contribution in [2.45, 2.75) is 0 Å². The van der Waals surface area contributed by atoms with E-state index in [0.29, 0.717) is 18.9 Å². The lowest BCUT2D eigenvalue weighted by atomic mass is 10.1. The molecule has 1 N–H and O–H groups in total. The molecule has 1 aromatic heterocycles. The number of morpholine rings is 1. The molecule has 1 amide bonds. The number of benzene rings is 2. The van der Waals surface area contributed by atoms with E-state index in [1.54, 1.807) is 6.20 Å². The number of nitrogens with one attached hydrogen (secondary N) is 1. The van der Waals surface area contributed by atoms with E-state index in [2.05, 4.69) is 15.2 Å². The highest BCUT2D eigenvalue weighted by molar-refractivity contribution is 6.12. The number of anilines is 2. The summed E-state index contributed by atoms with van der Waals surface area (Å²) in [6, 6.07) is 17.5. The van der Waals surface area contributed by atoms with Crippen LogP contribution in [0.1, 0.15) is 10.5 Å². The Labute approximate surface area is 146 Å². The number of ether oxygens (including phenoxy) is 1. The molecule has 25 heavy (non-hydrogen) atoms. The van der Waals surface area contributed by atoms with Crippen molar-refractivity contribution in [2.75, 3.05) is 36.5 Å². The predicted molar refractivity (Wildman–Crippen MR) is 99.2 cm³/mol. The van der Waals surface area contributed by atoms with Crippen LogP contribution >= 0.6 is 0 Å². The van der Waals surface area contributed by atoms with Crippen LogP contribution in [0.25, 0.3) is 10.8 Å². The highest BCUT2D eigenvalue weighted by atomic mass is 16.5. The number of carbonyl (C=O) groups excluding carboxylic acids is 1. The average molecular weight is 333 g/mol. The Morgan fingerprint density at radius 3 is 2.64 bits per heavy atom. The zero-order valence-electron chi connectivity index (χ0n) is 13.8. The summed E-state index contributed by atoms with van der Waals surface area (Å²) in [5, 5.41) is 4.89. The first-order chi connectivity index (χ1) is 12.3. The molecule has 3 aromatic rings. The van der Waals surface area contributed by atoms with Gasteiger partial charge in [-0.3, -0.25) is 9.78 Å². The third kappa shape index (κ3) is 3.19. The molecule has 0 bridgehead atoms. The van der Waals surface area contributed by atoms with Crippen LogP contribution in [-0.4, -0.2) is 37.2 Å². The quantitative estimate of drug-likeness (QED) is 0.799. The summed E-state index contributed by atoms with van der Waals surface area (Å²) in [7, 11) is 0.